The molecule has 1 saturated heterocycles. The smallest absolute Gasteiger partial charge is 0.297 e. The summed E-state index contributed by atoms with van der Waals surface area (Å²) in [5.74, 6) is -3.59. The quantitative estimate of drug-likeness (QED) is 0.452. The van der Waals surface area contributed by atoms with Gasteiger partial charge in [0.05, 0.1) is 24.0 Å². The van der Waals surface area contributed by atoms with Gasteiger partial charge in [0.2, 0.25) is 5.91 Å². The Labute approximate surface area is 99.0 Å². The van der Waals surface area contributed by atoms with E-state index in [1.165, 1.54) is 0 Å². The molecule has 1 aliphatic heterocycles. The highest BCUT2D eigenvalue weighted by atomic mass is 19.1. The van der Waals surface area contributed by atoms with Crippen LogP contribution in [0.3, 0.4) is 0 Å². The van der Waals surface area contributed by atoms with Gasteiger partial charge in [0, 0.05) is 6.07 Å². The third kappa shape index (κ3) is 1.92. The number of hydrogen-bond acceptors (Lipinski definition) is 4. The molecule has 0 unspecified atom stereocenters. The van der Waals surface area contributed by atoms with E-state index in [9.17, 15) is 28.5 Å². The molecule has 2 rings (SSSR count). The second-order valence-electron chi connectivity index (χ2n) is 3.71. The molecule has 0 N–H and O–H groups in total. The predicted octanol–water partition coefficient (Wildman–Crippen LogP) is 1.18. The molecule has 1 aromatic rings. The Kier molecular flexibility index (Phi) is 2.77. The summed E-state index contributed by atoms with van der Waals surface area (Å²) in [6, 6.07) is 0.937. The number of Topliss-reactive ketones (excluding diaryl/α,β-unsaturated/α-hetero) is 1. The minimum absolute atomic E-state index is 0.429. The van der Waals surface area contributed by atoms with E-state index in [-0.39, 0.29) is 0 Å². The van der Waals surface area contributed by atoms with Crippen molar-refractivity contribution in [2.24, 2.45) is 0 Å². The third-order valence-electron chi connectivity index (χ3n) is 2.46. The molecule has 1 aromatic carbocycles. The Morgan fingerprint density at radius 2 is 1.94 bits per heavy atom. The molecule has 0 bridgehead atoms. The van der Waals surface area contributed by atoms with Gasteiger partial charge in [0.15, 0.2) is 17.3 Å². The minimum Gasteiger partial charge on any atom is -0.297 e. The van der Waals surface area contributed by atoms with Crippen LogP contribution in [0.4, 0.5) is 20.2 Å². The maximum absolute atomic E-state index is 13.6. The molecule has 1 heterocycles. The number of nitro benzene ring substituents is 1. The van der Waals surface area contributed by atoms with E-state index in [2.05, 4.69) is 0 Å². The number of benzene rings is 1. The second-order valence-corrected chi connectivity index (χ2v) is 3.71. The van der Waals surface area contributed by atoms with Crippen LogP contribution in [0.5, 0.6) is 0 Å². The van der Waals surface area contributed by atoms with Crippen LogP contribution in [0.2, 0.25) is 0 Å². The lowest BCUT2D eigenvalue weighted by molar-refractivity contribution is -0.384. The highest BCUT2D eigenvalue weighted by Gasteiger charge is 2.35. The first-order valence-corrected chi connectivity index (χ1v) is 4.85. The van der Waals surface area contributed by atoms with Gasteiger partial charge in [0.25, 0.3) is 5.69 Å². The number of amides is 1. The SMILES string of the molecule is O=C1CC(=O)N(c2c(F)cc(F)cc2[N+](=O)[O-])C1. The number of carbonyl (C=O) groups is 2. The van der Waals surface area contributed by atoms with Crippen molar-refractivity contribution in [3.63, 3.8) is 0 Å². The summed E-state index contributed by atoms with van der Waals surface area (Å²) in [4.78, 5) is 32.9. The molecule has 0 atom stereocenters. The van der Waals surface area contributed by atoms with E-state index < -0.39 is 52.6 Å². The van der Waals surface area contributed by atoms with Crippen LogP contribution in [0.1, 0.15) is 6.42 Å². The van der Waals surface area contributed by atoms with Crippen molar-refractivity contribution in [1.82, 2.24) is 0 Å². The maximum atomic E-state index is 13.6. The van der Waals surface area contributed by atoms with E-state index >= 15 is 0 Å². The average Bonchev–Trinajstić information content (AvgIpc) is 2.56. The molecule has 1 amide bonds. The number of anilines is 1. The van der Waals surface area contributed by atoms with Gasteiger partial charge in [-0.2, -0.15) is 0 Å². The van der Waals surface area contributed by atoms with E-state index in [1.54, 1.807) is 0 Å². The van der Waals surface area contributed by atoms with Crippen LogP contribution in [-0.2, 0) is 9.59 Å². The van der Waals surface area contributed by atoms with Crippen LogP contribution in [-0.4, -0.2) is 23.2 Å². The molecule has 0 aromatic heterocycles. The van der Waals surface area contributed by atoms with Crippen molar-refractivity contribution in [2.75, 3.05) is 11.4 Å². The summed E-state index contributed by atoms with van der Waals surface area (Å²) in [7, 11) is 0. The van der Waals surface area contributed by atoms with E-state index in [0.29, 0.717) is 17.0 Å². The molecular weight excluding hydrogens is 250 g/mol. The van der Waals surface area contributed by atoms with Crippen LogP contribution in [0.25, 0.3) is 0 Å². The lowest BCUT2D eigenvalue weighted by Crippen LogP contribution is -2.26. The van der Waals surface area contributed by atoms with Crippen LogP contribution < -0.4 is 4.90 Å². The molecule has 6 nitrogen and oxygen atoms in total. The number of hydrogen-bond donors (Lipinski definition) is 0. The number of ketones is 1. The van der Waals surface area contributed by atoms with Crippen molar-refractivity contribution in [2.45, 2.75) is 6.42 Å². The molecule has 94 valence electrons. The zero-order chi connectivity index (χ0) is 13.4. The van der Waals surface area contributed by atoms with E-state index in [1.807, 2.05) is 0 Å². The van der Waals surface area contributed by atoms with Crippen molar-refractivity contribution < 1.29 is 23.3 Å². The zero-order valence-electron chi connectivity index (χ0n) is 8.85. The fraction of sp³-hybridized carbons (Fsp3) is 0.200. The lowest BCUT2D eigenvalue weighted by Gasteiger charge is -2.15. The molecule has 1 aliphatic rings. The Morgan fingerprint density at radius 1 is 1.28 bits per heavy atom. The van der Waals surface area contributed by atoms with Crippen molar-refractivity contribution in [3.8, 4) is 0 Å². The number of carbonyl (C=O) groups excluding carboxylic acids is 2. The Balaban J connectivity index is 2.59. The van der Waals surface area contributed by atoms with Gasteiger partial charge in [0.1, 0.15) is 5.82 Å². The van der Waals surface area contributed by atoms with Gasteiger partial charge >= 0.3 is 0 Å². The molecule has 0 aliphatic carbocycles. The molecule has 0 saturated carbocycles. The fourth-order valence-corrected chi connectivity index (χ4v) is 1.75. The molecule has 0 spiro atoms. The minimum atomic E-state index is -1.25. The van der Waals surface area contributed by atoms with Gasteiger partial charge in [-0.3, -0.25) is 24.6 Å². The summed E-state index contributed by atoms with van der Waals surface area (Å²) < 4.78 is 26.5. The van der Waals surface area contributed by atoms with Crippen molar-refractivity contribution in [3.05, 3.63) is 33.9 Å². The summed E-state index contributed by atoms with van der Waals surface area (Å²) in [6.45, 7) is -0.442. The molecule has 1 fully saturated rings. The van der Waals surface area contributed by atoms with Crippen molar-refractivity contribution in [1.29, 1.82) is 0 Å². The highest BCUT2D eigenvalue weighted by molar-refractivity contribution is 6.15. The van der Waals surface area contributed by atoms with Crippen LogP contribution >= 0.6 is 0 Å². The summed E-state index contributed by atoms with van der Waals surface area (Å²) in [5.41, 5.74) is -1.55. The fourth-order valence-electron chi connectivity index (χ4n) is 1.75. The largest absolute Gasteiger partial charge is 0.298 e. The van der Waals surface area contributed by atoms with Gasteiger partial charge in [-0.25, -0.2) is 8.78 Å². The Morgan fingerprint density at radius 3 is 2.44 bits per heavy atom. The first kappa shape index (κ1) is 12.1. The molecular formula is C10H6F2N2O4. The number of rotatable bonds is 2. The average molecular weight is 256 g/mol. The predicted molar refractivity (Wildman–Crippen MR) is 55.0 cm³/mol. The summed E-state index contributed by atoms with van der Waals surface area (Å²) >= 11 is 0. The van der Waals surface area contributed by atoms with Crippen molar-refractivity contribution >= 4 is 23.1 Å². The van der Waals surface area contributed by atoms with Gasteiger partial charge in [-0.15, -0.1) is 0 Å². The number of nitrogens with zero attached hydrogens (tertiary/aromatic N) is 2. The molecule has 18 heavy (non-hydrogen) atoms. The van der Waals surface area contributed by atoms with Gasteiger partial charge < -0.3 is 0 Å². The van der Waals surface area contributed by atoms with E-state index in [4.69, 9.17) is 0 Å². The highest BCUT2D eigenvalue weighted by Crippen LogP contribution is 2.34. The monoisotopic (exact) mass is 256 g/mol. The van der Waals surface area contributed by atoms with Gasteiger partial charge in [-0.05, 0) is 0 Å². The second kappa shape index (κ2) is 4.13. The maximum Gasteiger partial charge on any atom is 0.298 e. The third-order valence-corrected chi connectivity index (χ3v) is 2.46. The topological polar surface area (TPSA) is 80.5 Å². The molecule has 8 heteroatoms. The number of halogens is 2. The standard InChI is InChI=1S/C10H6F2N2O4/c11-5-1-7(12)10(8(2-5)14(17)18)13-4-6(15)3-9(13)16/h1-2H,3-4H2. The first-order valence-electron chi connectivity index (χ1n) is 4.85. The Bertz CT molecular complexity index is 573. The number of nitro groups is 1. The first-order chi connectivity index (χ1) is 8.40. The normalized spacial score (nSPS) is 15.3. The van der Waals surface area contributed by atoms with Crippen LogP contribution in [0.15, 0.2) is 12.1 Å². The van der Waals surface area contributed by atoms with Gasteiger partial charge in [-0.1, -0.05) is 0 Å². The molecule has 0 radical (unpaired) electrons. The Hall–Kier alpha value is -2.38. The lowest BCUT2D eigenvalue weighted by atomic mass is 10.2. The van der Waals surface area contributed by atoms with Crippen LogP contribution in [0, 0.1) is 21.7 Å². The summed E-state index contributed by atoms with van der Waals surface area (Å²) in [6.07, 6.45) is -0.437. The zero-order valence-corrected chi connectivity index (χ0v) is 8.85. The summed E-state index contributed by atoms with van der Waals surface area (Å²) in [5, 5.41) is 10.7. The van der Waals surface area contributed by atoms with E-state index in [0.717, 1.165) is 0 Å².